The Balaban J connectivity index is 1.33. The lowest BCUT2D eigenvalue weighted by Crippen LogP contribution is -2.49. The highest BCUT2D eigenvalue weighted by atomic mass is 16.5. The number of rotatable bonds is 3. The van der Waals surface area contributed by atoms with Crippen LogP contribution in [0.25, 0.3) is 0 Å². The van der Waals surface area contributed by atoms with Crippen LogP contribution < -0.4 is 9.64 Å². The number of piperazine rings is 1. The topological polar surface area (TPSA) is 67.3 Å². The SMILES string of the molecule is Cc1nc(C)c2c(n1)OC(CN1CCN(c3cnccn3)CC1)C2. The molecule has 2 aromatic rings. The van der Waals surface area contributed by atoms with E-state index in [1.165, 1.54) is 5.56 Å². The Morgan fingerprint density at radius 2 is 1.96 bits per heavy atom. The standard InChI is InChI=1S/C17H22N6O/c1-12-15-9-14(24-17(15)21-13(2)20-12)11-22-5-7-23(8-6-22)16-10-18-3-4-19-16/h3-4,10,14H,5-9,11H2,1-2H3. The summed E-state index contributed by atoms with van der Waals surface area (Å²) < 4.78 is 6.05. The Hall–Kier alpha value is -2.28. The van der Waals surface area contributed by atoms with Crippen molar-refractivity contribution >= 4 is 5.82 Å². The molecule has 0 saturated carbocycles. The van der Waals surface area contributed by atoms with Crippen molar-refractivity contribution in [1.82, 2.24) is 24.8 Å². The molecule has 4 rings (SSSR count). The van der Waals surface area contributed by atoms with Gasteiger partial charge in [-0.25, -0.2) is 9.97 Å². The number of fused-ring (bicyclic) bond motifs is 1. The first-order valence-electron chi connectivity index (χ1n) is 8.43. The fourth-order valence-corrected chi connectivity index (χ4v) is 3.47. The molecule has 24 heavy (non-hydrogen) atoms. The predicted octanol–water partition coefficient (Wildman–Crippen LogP) is 1.01. The summed E-state index contributed by atoms with van der Waals surface area (Å²) in [4.78, 5) is 22.2. The zero-order valence-electron chi connectivity index (χ0n) is 14.1. The van der Waals surface area contributed by atoms with Crippen LogP contribution in [0.1, 0.15) is 17.1 Å². The Kier molecular flexibility index (Phi) is 4.02. The summed E-state index contributed by atoms with van der Waals surface area (Å²) in [5.41, 5.74) is 2.22. The average Bonchev–Trinajstić information content (AvgIpc) is 2.99. The summed E-state index contributed by atoms with van der Waals surface area (Å²) in [5, 5.41) is 0. The lowest BCUT2D eigenvalue weighted by Gasteiger charge is -2.36. The second-order valence-electron chi connectivity index (χ2n) is 6.44. The van der Waals surface area contributed by atoms with E-state index in [1.54, 1.807) is 12.4 Å². The monoisotopic (exact) mass is 326 g/mol. The summed E-state index contributed by atoms with van der Waals surface area (Å²) in [6.07, 6.45) is 6.37. The molecule has 0 spiro atoms. The van der Waals surface area contributed by atoms with Crippen molar-refractivity contribution in [3.05, 3.63) is 35.7 Å². The molecule has 0 aromatic carbocycles. The summed E-state index contributed by atoms with van der Waals surface area (Å²) in [7, 11) is 0. The van der Waals surface area contributed by atoms with E-state index in [1.807, 2.05) is 20.0 Å². The summed E-state index contributed by atoms with van der Waals surface area (Å²) >= 11 is 0. The molecule has 7 heteroatoms. The largest absolute Gasteiger partial charge is 0.472 e. The smallest absolute Gasteiger partial charge is 0.220 e. The van der Waals surface area contributed by atoms with Gasteiger partial charge in [0.2, 0.25) is 5.88 Å². The molecular formula is C17H22N6O. The maximum Gasteiger partial charge on any atom is 0.220 e. The second kappa shape index (κ2) is 6.32. The van der Waals surface area contributed by atoms with E-state index in [4.69, 9.17) is 4.74 Å². The van der Waals surface area contributed by atoms with Crippen LogP contribution in [0.5, 0.6) is 5.88 Å². The van der Waals surface area contributed by atoms with Crippen molar-refractivity contribution < 1.29 is 4.74 Å². The quantitative estimate of drug-likeness (QED) is 0.834. The predicted molar refractivity (Wildman–Crippen MR) is 90.3 cm³/mol. The number of aromatic nitrogens is 4. The van der Waals surface area contributed by atoms with Gasteiger partial charge >= 0.3 is 0 Å². The molecule has 1 saturated heterocycles. The van der Waals surface area contributed by atoms with E-state index in [0.717, 1.165) is 62.4 Å². The third-order valence-electron chi connectivity index (χ3n) is 4.71. The third-order valence-corrected chi connectivity index (χ3v) is 4.71. The maximum atomic E-state index is 6.05. The first kappa shape index (κ1) is 15.3. The molecule has 1 fully saturated rings. The second-order valence-corrected chi connectivity index (χ2v) is 6.44. The Morgan fingerprint density at radius 3 is 2.71 bits per heavy atom. The number of aryl methyl sites for hydroxylation is 2. The van der Waals surface area contributed by atoms with Crippen LogP contribution in [0.4, 0.5) is 5.82 Å². The summed E-state index contributed by atoms with van der Waals surface area (Å²) in [6.45, 7) is 8.84. The minimum atomic E-state index is 0.179. The fourth-order valence-electron chi connectivity index (χ4n) is 3.47. The van der Waals surface area contributed by atoms with Gasteiger partial charge in [0.05, 0.1) is 6.20 Å². The highest BCUT2D eigenvalue weighted by Gasteiger charge is 2.29. The normalized spacial score (nSPS) is 20.8. The molecule has 0 aliphatic carbocycles. The molecule has 1 atom stereocenters. The highest BCUT2D eigenvalue weighted by molar-refractivity contribution is 5.36. The van der Waals surface area contributed by atoms with Gasteiger partial charge in [-0.2, -0.15) is 4.98 Å². The van der Waals surface area contributed by atoms with Gasteiger partial charge in [0.25, 0.3) is 0 Å². The molecule has 2 aliphatic heterocycles. The van der Waals surface area contributed by atoms with Crippen molar-refractivity contribution in [2.75, 3.05) is 37.6 Å². The number of nitrogens with zero attached hydrogens (tertiary/aromatic N) is 6. The van der Waals surface area contributed by atoms with Gasteiger partial charge in [0, 0.05) is 62.8 Å². The minimum Gasteiger partial charge on any atom is -0.472 e. The van der Waals surface area contributed by atoms with Gasteiger partial charge in [-0.1, -0.05) is 0 Å². The zero-order chi connectivity index (χ0) is 16.5. The van der Waals surface area contributed by atoms with Crippen molar-refractivity contribution in [3.8, 4) is 5.88 Å². The van der Waals surface area contributed by atoms with Crippen LogP contribution in [0.15, 0.2) is 18.6 Å². The number of anilines is 1. The van der Waals surface area contributed by atoms with E-state index in [-0.39, 0.29) is 6.10 Å². The van der Waals surface area contributed by atoms with Crippen LogP contribution in [0.3, 0.4) is 0 Å². The van der Waals surface area contributed by atoms with Crippen LogP contribution in [-0.2, 0) is 6.42 Å². The molecule has 0 bridgehead atoms. The van der Waals surface area contributed by atoms with Crippen molar-refractivity contribution in [2.45, 2.75) is 26.4 Å². The lowest BCUT2D eigenvalue weighted by molar-refractivity contribution is 0.141. The van der Waals surface area contributed by atoms with E-state index >= 15 is 0 Å². The molecule has 4 heterocycles. The van der Waals surface area contributed by atoms with Crippen LogP contribution >= 0.6 is 0 Å². The molecule has 126 valence electrons. The molecule has 0 amide bonds. The van der Waals surface area contributed by atoms with Gasteiger partial charge in [0.15, 0.2) is 0 Å². The van der Waals surface area contributed by atoms with E-state index in [2.05, 4.69) is 29.7 Å². The Morgan fingerprint density at radius 1 is 1.12 bits per heavy atom. The van der Waals surface area contributed by atoms with Gasteiger partial charge in [-0.15, -0.1) is 0 Å². The highest BCUT2D eigenvalue weighted by Crippen LogP contribution is 2.29. The Labute approximate surface area is 141 Å². The van der Waals surface area contributed by atoms with E-state index in [9.17, 15) is 0 Å². The fraction of sp³-hybridized carbons (Fsp3) is 0.529. The lowest BCUT2D eigenvalue weighted by atomic mass is 10.1. The summed E-state index contributed by atoms with van der Waals surface area (Å²) in [6, 6.07) is 0. The maximum absolute atomic E-state index is 6.05. The average molecular weight is 326 g/mol. The number of ether oxygens (including phenoxy) is 1. The molecule has 0 N–H and O–H groups in total. The molecule has 0 radical (unpaired) electrons. The van der Waals surface area contributed by atoms with Crippen LogP contribution in [0, 0.1) is 13.8 Å². The van der Waals surface area contributed by atoms with Crippen LogP contribution in [-0.4, -0.2) is 63.7 Å². The van der Waals surface area contributed by atoms with Gasteiger partial charge < -0.3 is 9.64 Å². The first-order chi connectivity index (χ1) is 11.7. The third kappa shape index (κ3) is 3.03. The van der Waals surface area contributed by atoms with Crippen molar-refractivity contribution in [3.63, 3.8) is 0 Å². The van der Waals surface area contributed by atoms with Crippen molar-refractivity contribution in [2.24, 2.45) is 0 Å². The van der Waals surface area contributed by atoms with Crippen LogP contribution in [0.2, 0.25) is 0 Å². The summed E-state index contributed by atoms with van der Waals surface area (Å²) in [5.74, 6) is 2.52. The molecule has 2 aromatic heterocycles. The number of hydrogen-bond acceptors (Lipinski definition) is 7. The Bertz CT molecular complexity index is 715. The van der Waals surface area contributed by atoms with Gasteiger partial charge in [-0.05, 0) is 13.8 Å². The van der Waals surface area contributed by atoms with E-state index in [0.29, 0.717) is 0 Å². The number of hydrogen-bond donors (Lipinski definition) is 0. The molecular weight excluding hydrogens is 304 g/mol. The van der Waals surface area contributed by atoms with Gasteiger partial charge in [-0.3, -0.25) is 9.88 Å². The van der Waals surface area contributed by atoms with Gasteiger partial charge in [0.1, 0.15) is 17.7 Å². The molecule has 1 unspecified atom stereocenters. The molecule has 7 nitrogen and oxygen atoms in total. The molecule has 2 aliphatic rings. The van der Waals surface area contributed by atoms with E-state index < -0.39 is 0 Å². The zero-order valence-corrected chi connectivity index (χ0v) is 14.1. The minimum absolute atomic E-state index is 0.179. The first-order valence-corrected chi connectivity index (χ1v) is 8.43. The van der Waals surface area contributed by atoms with Crippen molar-refractivity contribution in [1.29, 1.82) is 0 Å².